The lowest BCUT2D eigenvalue weighted by atomic mass is 9.72. The van der Waals surface area contributed by atoms with Crippen LogP contribution in [0.3, 0.4) is 0 Å². The van der Waals surface area contributed by atoms with Crippen molar-refractivity contribution in [2.24, 2.45) is 4.99 Å². The van der Waals surface area contributed by atoms with Crippen LogP contribution >= 0.6 is 23.2 Å². The van der Waals surface area contributed by atoms with E-state index in [0.717, 1.165) is 35.7 Å². The summed E-state index contributed by atoms with van der Waals surface area (Å²) in [5.74, 6) is 0. The number of isocyanates is 1. The Bertz CT molecular complexity index is 704. The Kier molecular flexibility index (Phi) is 3.06. The molecule has 0 spiro atoms. The van der Waals surface area contributed by atoms with Crippen molar-refractivity contribution in [2.45, 2.75) is 24.8 Å². The molecule has 0 amide bonds. The molecule has 1 heterocycles. The van der Waals surface area contributed by atoms with Crippen LogP contribution < -0.4 is 0 Å². The van der Waals surface area contributed by atoms with E-state index in [2.05, 4.69) is 9.98 Å². The summed E-state index contributed by atoms with van der Waals surface area (Å²) in [6.45, 7) is 0. The highest BCUT2D eigenvalue weighted by atomic mass is 35.5. The Morgan fingerprint density at radius 2 is 2.00 bits per heavy atom. The van der Waals surface area contributed by atoms with Gasteiger partial charge in [0.2, 0.25) is 6.08 Å². The molecule has 1 aliphatic carbocycles. The maximum Gasteiger partial charge on any atom is 0.235 e. The third-order valence-electron chi connectivity index (χ3n) is 3.71. The molecule has 5 heteroatoms. The summed E-state index contributed by atoms with van der Waals surface area (Å²) < 4.78 is 0. The van der Waals surface area contributed by atoms with Gasteiger partial charge in [0.1, 0.15) is 5.15 Å². The molecule has 1 fully saturated rings. The fourth-order valence-corrected chi connectivity index (χ4v) is 3.10. The molecule has 1 saturated carbocycles. The Morgan fingerprint density at radius 3 is 2.63 bits per heavy atom. The number of hydrogen-bond donors (Lipinski definition) is 0. The second-order valence-corrected chi connectivity index (χ2v) is 5.48. The van der Waals surface area contributed by atoms with Gasteiger partial charge in [-0.15, -0.1) is 0 Å². The molecule has 0 bridgehead atoms. The average molecular weight is 293 g/mol. The van der Waals surface area contributed by atoms with Gasteiger partial charge in [0.15, 0.2) is 0 Å². The van der Waals surface area contributed by atoms with Gasteiger partial charge in [0.25, 0.3) is 0 Å². The van der Waals surface area contributed by atoms with Crippen LogP contribution in [0.1, 0.15) is 24.8 Å². The van der Waals surface area contributed by atoms with Gasteiger partial charge in [-0.3, -0.25) is 0 Å². The van der Waals surface area contributed by atoms with Crippen LogP contribution in [0.2, 0.25) is 10.2 Å². The lowest BCUT2D eigenvalue weighted by Crippen LogP contribution is -2.32. The molecular weight excluding hydrogens is 283 g/mol. The van der Waals surface area contributed by atoms with E-state index in [9.17, 15) is 4.79 Å². The summed E-state index contributed by atoms with van der Waals surface area (Å²) >= 11 is 12.3. The SMILES string of the molecule is O=C=NC1(c2ccc3nc(Cl)ccc3c2Cl)CCC1. The topological polar surface area (TPSA) is 42.3 Å². The van der Waals surface area contributed by atoms with Crippen molar-refractivity contribution in [1.82, 2.24) is 4.98 Å². The van der Waals surface area contributed by atoms with Crippen molar-refractivity contribution in [3.05, 3.63) is 40.0 Å². The number of carbonyl (C=O) groups excluding carboxylic acids is 1. The molecule has 3 rings (SSSR count). The minimum atomic E-state index is -0.493. The zero-order chi connectivity index (χ0) is 13.5. The molecule has 0 aliphatic heterocycles. The number of halogens is 2. The van der Waals surface area contributed by atoms with Crippen molar-refractivity contribution < 1.29 is 4.79 Å². The van der Waals surface area contributed by atoms with E-state index in [1.807, 2.05) is 18.2 Å². The van der Waals surface area contributed by atoms with E-state index in [0.29, 0.717) is 10.2 Å². The minimum Gasteiger partial charge on any atom is -0.236 e. The van der Waals surface area contributed by atoms with Gasteiger partial charge in [-0.1, -0.05) is 29.3 Å². The van der Waals surface area contributed by atoms with Crippen molar-refractivity contribution in [2.75, 3.05) is 0 Å². The summed E-state index contributed by atoms with van der Waals surface area (Å²) in [6, 6.07) is 7.29. The van der Waals surface area contributed by atoms with E-state index in [4.69, 9.17) is 23.2 Å². The second kappa shape index (κ2) is 4.61. The van der Waals surface area contributed by atoms with Gasteiger partial charge in [0.05, 0.1) is 16.1 Å². The molecule has 0 N–H and O–H groups in total. The molecule has 2 aromatic rings. The zero-order valence-corrected chi connectivity index (χ0v) is 11.5. The van der Waals surface area contributed by atoms with E-state index >= 15 is 0 Å². The van der Waals surface area contributed by atoms with Crippen molar-refractivity contribution in [3.8, 4) is 0 Å². The number of hydrogen-bond acceptors (Lipinski definition) is 3. The maximum absolute atomic E-state index is 10.6. The monoisotopic (exact) mass is 292 g/mol. The van der Waals surface area contributed by atoms with Crippen molar-refractivity contribution >= 4 is 40.2 Å². The van der Waals surface area contributed by atoms with Crippen molar-refractivity contribution in [1.29, 1.82) is 0 Å². The highest BCUT2D eigenvalue weighted by Crippen LogP contribution is 2.48. The largest absolute Gasteiger partial charge is 0.236 e. The Balaban J connectivity index is 2.23. The van der Waals surface area contributed by atoms with Crippen LogP contribution in [0.15, 0.2) is 29.3 Å². The molecule has 1 aliphatic rings. The second-order valence-electron chi connectivity index (χ2n) is 4.72. The van der Waals surface area contributed by atoms with Gasteiger partial charge in [-0.2, -0.15) is 4.99 Å². The molecule has 0 saturated heterocycles. The molecule has 0 unspecified atom stereocenters. The van der Waals surface area contributed by atoms with Gasteiger partial charge in [-0.05, 0) is 43.0 Å². The third-order valence-corrected chi connectivity index (χ3v) is 4.33. The lowest BCUT2D eigenvalue weighted by Gasteiger charge is -2.37. The van der Waals surface area contributed by atoms with E-state index in [1.54, 1.807) is 12.1 Å². The fraction of sp³-hybridized carbons (Fsp3) is 0.286. The number of aromatic nitrogens is 1. The summed E-state index contributed by atoms with van der Waals surface area (Å²) in [4.78, 5) is 18.8. The molecule has 0 atom stereocenters. The zero-order valence-electron chi connectivity index (χ0n) is 9.99. The summed E-state index contributed by atoms with van der Waals surface area (Å²) in [7, 11) is 0. The maximum atomic E-state index is 10.6. The van der Waals surface area contributed by atoms with Crippen molar-refractivity contribution in [3.63, 3.8) is 0 Å². The first-order valence-electron chi connectivity index (χ1n) is 6.00. The Hall–Kier alpha value is -1.41. The normalized spacial score (nSPS) is 16.7. The number of rotatable bonds is 2. The summed E-state index contributed by atoms with van der Waals surface area (Å²) in [5.41, 5.74) is 1.12. The van der Waals surface area contributed by atoms with Crippen LogP contribution in [-0.4, -0.2) is 11.1 Å². The van der Waals surface area contributed by atoms with Gasteiger partial charge >= 0.3 is 0 Å². The molecule has 0 radical (unpaired) electrons. The first-order chi connectivity index (χ1) is 9.16. The van der Waals surface area contributed by atoms with Crippen LogP contribution in [0.25, 0.3) is 10.9 Å². The predicted molar refractivity (Wildman–Crippen MR) is 75.4 cm³/mol. The van der Waals surface area contributed by atoms with Crippen LogP contribution in [0.5, 0.6) is 0 Å². The first-order valence-corrected chi connectivity index (χ1v) is 6.76. The smallest absolute Gasteiger partial charge is 0.235 e. The predicted octanol–water partition coefficient (Wildman–Crippen LogP) is 4.26. The highest BCUT2D eigenvalue weighted by Gasteiger charge is 2.40. The van der Waals surface area contributed by atoms with E-state index < -0.39 is 5.54 Å². The standard InChI is InChI=1S/C14H10Cl2N2O/c15-12-5-2-9-11(18-12)4-3-10(13(9)16)14(17-8-19)6-1-7-14/h2-5H,1,6-7H2. The summed E-state index contributed by atoms with van der Waals surface area (Å²) in [5, 5.41) is 1.86. The highest BCUT2D eigenvalue weighted by molar-refractivity contribution is 6.36. The number of pyridine rings is 1. The van der Waals surface area contributed by atoms with Crippen LogP contribution in [0.4, 0.5) is 0 Å². The van der Waals surface area contributed by atoms with E-state index in [-0.39, 0.29) is 0 Å². The summed E-state index contributed by atoms with van der Waals surface area (Å²) in [6.07, 6.45) is 4.37. The average Bonchev–Trinajstić information content (AvgIpc) is 2.35. The fourth-order valence-electron chi connectivity index (χ4n) is 2.54. The van der Waals surface area contributed by atoms with Gasteiger partial charge in [0, 0.05) is 5.39 Å². The van der Waals surface area contributed by atoms with Crippen LogP contribution in [-0.2, 0) is 10.3 Å². The minimum absolute atomic E-state index is 0.431. The Labute approximate surface area is 120 Å². The van der Waals surface area contributed by atoms with Crippen LogP contribution in [0, 0.1) is 0 Å². The lowest BCUT2D eigenvalue weighted by molar-refractivity contribution is 0.256. The first kappa shape index (κ1) is 12.6. The Morgan fingerprint density at radius 1 is 1.21 bits per heavy atom. The molecule has 19 heavy (non-hydrogen) atoms. The molecule has 1 aromatic carbocycles. The third kappa shape index (κ3) is 1.95. The molecule has 3 nitrogen and oxygen atoms in total. The molecular formula is C14H10Cl2N2O. The quantitative estimate of drug-likeness (QED) is 0.472. The number of nitrogens with zero attached hydrogens (tertiary/aromatic N) is 2. The number of fused-ring (bicyclic) bond motifs is 1. The van der Waals surface area contributed by atoms with E-state index in [1.165, 1.54) is 0 Å². The molecule has 96 valence electrons. The number of benzene rings is 1. The van der Waals surface area contributed by atoms with Gasteiger partial charge < -0.3 is 0 Å². The van der Waals surface area contributed by atoms with Gasteiger partial charge in [-0.25, -0.2) is 9.78 Å². The number of aliphatic imine (C=N–C) groups is 1. The molecule has 1 aromatic heterocycles.